The van der Waals surface area contributed by atoms with E-state index in [2.05, 4.69) is 0 Å². The molecule has 0 N–H and O–H groups in total. The van der Waals surface area contributed by atoms with Gasteiger partial charge in [-0.15, -0.1) is 0 Å². The van der Waals surface area contributed by atoms with Crippen LogP contribution in [-0.2, 0) is 20.9 Å². The predicted molar refractivity (Wildman–Crippen MR) is 112 cm³/mol. The third-order valence-electron chi connectivity index (χ3n) is 5.23. The maximum atomic E-state index is 12.8. The van der Waals surface area contributed by atoms with E-state index in [-0.39, 0.29) is 24.3 Å². The first-order valence-corrected chi connectivity index (χ1v) is 10.0. The van der Waals surface area contributed by atoms with Crippen LogP contribution in [0.1, 0.15) is 30.7 Å². The van der Waals surface area contributed by atoms with E-state index in [0.29, 0.717) is 24.6 Å². The van der Waals surface area contributed by atoms with E-state index in [1.54, 1.807) is 11.8 Å². The lowest BCUT2D eigenvalue weighted by molar-refractivity contribution is -0.143. The number of aryl methyl sites for hydroxylation is 1. The summed E-state index contributed by atoms with van der Waals surface area (Å²) in [6.07, 6.45) is 0.331. The second-order valence-corrected chi connectivity index (χ2v) is 7.60. The molecule has 7 heteroatoms. The number of carbonyl (C=O) groups is 2. The highest BCUT2D eigenvalue weighted by molar-refractivity contribution is 6.31. The fourth-order valence-electron chi connectivity index (χ4n) is 3.79. The van der Waals surface area contributed by atoms with Crippen molar-refractivity contribution in [2.45, 2.75) is 32.7 Å². The van der Waals surface area contributed by atoms with Crippen LogP contribution < -0.4 is 4.90 Å². The van der Waals surface area contributed by atoms with Crippen LogP contribution in [0.15, 0.2) is 42.5 Å². The van der Waals surface area contributed by atoms with Crippen molar-refractivity contribution < 1.29 is 14.3 Å². The van der Waals surface area contributed by atoms with Gasteiger partial charge < -0.3 is 14.2 Å². The Bertz CT molecular complexity index is 1090. The summed E-state index contributed by atoms with van der Waals surface area (Å²) in [7, 11) is 0. The summed E-state index contributed by atoms with van der Waals surface area (Å²) < 4.78 is 7.01. The van der Waals surface area contributed by atoms with E-state index in [0.717, 1.165) is 28.1 Å². The van der Waals surface area contributed by atoms with Crippen molar-refractivity contribution in [1.29, 1.82) is 0 Å². The number of benzene rings is 2. The Labute approximate surface area is 174 Å². The van der Waals surface area contributed by atoms with Crippen molar-refractivity contribution in [2.75, 3.05) is 18.1 Å². The lowest BCUT2D eigenvalue weighted by Gasteiger charge is -2.18. The zero-order valence-corrected chi connectivity index (χ0v) is 17.1. The van der Waals surface area contributed by atoms with Gasteiger partial charge in [-0.05, 0) is 43.7 Å². The first kappa shape index (κ1) is 19.5. The molecular formula is C22H22ClN3O3. The molecule has 0 saturated carbocycles. The number of fused-ring (bicyclic) bond motifs is 1. The van der Waals surface area contributed by atoms with Crippen molar-refractivity contribution >= 4 is 40.2 Å². The number of rotatable bonds is 5. The minimum Gasteiger partial charge on any atom is -0.465 e. The third-order valence-corrected chi connectivity index (χ3v) is 5.64. The van der Waals surface area contributed by atoms with Gasteiger partial charge in [0, 0.05) is 29.6 Å². The fraction of sp³-hybridized carbons (Fsp3) is 0.318. The standard InChI is InChI=1S/C22H22ClN3O3/c1-3-29-21(28)13-26-19-7-5-4-6-18(19)24-22(26)15-10-20(27)25(12-15)16-9-8-14(2)17(23)11-16/h4-9,11,15H,3,10,12-13H2,1-2H3. The molecule has 6 nitrogen and oxygen atoms in total. The Morgan fingerprint density at radius 1 is 1.28 bits per heavy atom. The molecule has 1 unspecified atom stereocenters. The fourth-order valence-corrected chi connectivity index (χ4v) is 3.96. The lowest BCUT2D eigenvalue weighted by atomic mass is 10.1. The van der Waals surface area contributed by atoms with Gasteiger partial charge in [0.1, 0.15) is 12.4 Å². The van der Waals surface area contributed by atoms with Crippen molar-refractivity contribution in [1.82, 2.24) is 9.55 Å². The monoisotopic (exact) mass is 411 g/mol. The van der Waals surface area contributed by atoms with Crippen LogP contribution in [0.2, 0.25) is 5.02 Å². The number of aromatic nitrogens is 2. The first-order valence-electron chi connectivity index (χ1n) is 9.65. The molecule has 0 radical (unpaired) electrons. The number of para-hydroxylation sites is 2. The van der Waals surface area contributed by atoms with Crippen molar-refractivity contribution in [3.05, 3.63) is 58.9 Å². The van der Waals surface area contributed by atoms with Crippen LogP contribution in [0.5, 0.6) is 0 Å². The predicted octanol–water partition coefficient (Wildman–Crippen LogP) is 4.08. The van der Waals surface area contributed by atoms with Gasteiger partial charge in [0.25, 0.3) is 0 Å². The maximum absolute atomic E-state index is 12.8. The molecule has 0 aliphatic carbocycles. The topological polar surface area (TPSA) is 64.4 Å². The van der Waals surface area contributed by atoms with Crippen LogP contribution in [0, 0.1) is 6.92 Å². The molecule has 4 rings (SSSR count). The quantitative estimate of drug-likeness (QED) is 0.593. The molecule has 1 fully saturated rings. The molecule has 150 valence electrons. The molecule has 0 bridgehead atoms. The number of hydrogen-bond donors (Lipinski definition) is 0. The van der Waals surface area contributed by atoms with Crippen LogP contribution in [0.3, 0.4) is 0 Å². The van der Waals surface area contributed by atoms with Crippen molar-refractivity contribution in [2.24, 2.45) is 0 Å². The number of anilines is 1. The van der Waals surface area contributed by atoms with E-state index in [1.807, 2.05) is 54.0 Å². The highest BCUT2D eigenvalue weighted by Gasteiger charge is 2.35. The average Bonchev–Trinajstić information content (AvgIpc) is 3.25. The molecule has 0 spiro atoms. The van der Waals surface area contributed by atoms with Gasteiger partial charge in [-0.2, -0.15) is 0 Å². The molecule has 1 aliphatic heterocycles. The summed E-state index contributed by atoms with van der Waals surface area (Å²) in [6, 6.07) is 13.3. The van der Waals surface area contributed by atoms with Crippen molar-refractivity contribution in [3.63, 3.8) is 0 Å². The summed E-state index contributed by atoms with van der Waals surface area (Å²) in [4.78, 5) is 31.4. The highest BCUT2D eigenvalue weighted by Crippen LogP contribution is 2.34. The molecule has 3 aromatic rings. The van der Waals surface area contributed by atoms with Gasteiger partial charge in [-0.3, -0.25) is 9.59 Å². The molecule has 1 amide bonds. The molecule has 1 aromatic heterocycles. The van der Waals surface area contributed by atoms with Crippen LogP contribution >= 0.6 is 11.6 Å². The second kappa shape index (κ2) is 7.87. The Hall–Kier alpha value is -2.86. The molecule has 29 heavy (non-hydrogen) atoms. The Kier molecular flexibility index (Phi) is 5.28. The van der Waals surface area contributed by atoms with E-state index in [4.69, 9.17) is 21.3 Å². The van der Waals surface area contributed by atoms with Crippen LogP contribution in [0.4, 0.5) is 5.69 Å². The Morgan fingerprint density at radius 3 is 2.83 bits per heavy atom. The smallest absolute Gasteiger partial charge is 0.326 e. The average molecular weight is 412 g/mol. The minimum atomic E-state index is -0.316. The molecule has 1 saturated heterocycles. The van der Waals surface area contributed by atoms with Gasteiger partial charge in [-0.1, -0.05) is 29.8 Å². The van der Waals surface area contributed by atoms with E-state index < -0.39 is 0 Å². The summed E-state index contributed by atoms with van der Waals surface area (Å²) in [5, 5.41) is 0.633. The summed E-state index contributed by atoms with van der Waals surface area (Å²) in [6.45, 7) is 4.60. The number of carbonyl (C=O) groups excluding carboxylic acids is 2. The number of amides is 1. The van der Waals surface area contributed by atoms with Crippen LogP contribution in [-0.4, -0.2) is 34.6 Å². The third kappa shape index (κ3) is 3.72. The highest BCUT2D eigenvalue weighted by atomic mass is 35.5. The Balaban J connectivity index is 1.68. The normalized spacial score (nSPS) is 16.6. The van der Waals surface area contributed by atoms with Gasteiger partial charge in [0.05, 0.1) is 17.6 Å². The van der Waals surface area contributed by atoms with Crippen LogP contribution in [0.25, 0.3) is 11.0 Å². The zero-order valence-electron chi connectivity index (χ0n) is 16.4. The Morgan fingerprint density at radius 2 is 2.07 bits per heavy atom. The number of nitrogens with zero attached hydrogens (tertiary/aromatic N) is 3. The minimum absolute atomic E-state index is 0.0182. The molecule has 1 aliphatic rings. The van der Waals surface area contributed by atoms with E-state index in [9.17, 15) is 9.59 Å². The molecule has 1 atom stereocenters. The molecular weight excluding hydrogens is 390 g/mol. The van der Waals surface area contributed by atoms with Gasteiger partial charge in [0.15, 0.2) is 0 Å². The van der Waals surface area contributed by atoms with E-state index >= 15 is 0 Å². The lowest BCUT2D eigenvalue weighted by Crippen LogP contribution is -2.24. The van der Waals surface area contributed by atoms with Gasteiger partial charge >= 0.3 is 5.97 Å². The molecule has 2 aromatic carbocycles. The summed E-state index contributed by atoms with van der Waals surface area (Å²) >= 11 is 6.25. The number of hydrogen-bond acceptors (Lipinski definition) is 4. The summed E-state index contributed by atoms with van der Waals surface area (Å²) in [5.41, 5.74) is 3.41. The SMILES string of the molecule is CCOC(=O)Cn1c(C2CC(=O)N(c3ccc(C)c(Cl)c3)C2)nc2ccccc21. The number of esters is 1. The second-order valence-electron chi connectivity index (χ2n) is 7.19. The summed E-state index contributed by atoms with van der Waals surface area (Å²) in [5.74, 6) is 0.311. The number of imidazole rings is 1. The van der Waals surface area contributed by atoms with E-state index in [1.165, 1.54) is 0 Å². The van der Waals surface area contributed by atoms with Gasteiger partial charge in [0.2, 0.25) is 5.91 Å². The largest absolute Gasteiger partial charge is 0.465 e. The number of halogens is 1. The number of ether oxygens (including phenoxy) is 1. The first-order chi connectivity index (χ1) is 14.0. The molecule has 2 heterocycles. The zero-order chi connectivity index (χ0) is 20.5. The maximum Gasteiger partial charge on any atom is 0.326 e. The van der Waals surface area contributed by atoms with Gasteiger partial charge in [-0.25, -0.2) is 4.98 Å². The van der Waals surface area contributed by atoms with Crippen molar-refractivity contribution in [3.8, 4) is 0 Å².